The maximum absolute atomic E-state index is 12.7. The molecular weight excluding hydrogens is 291 g/mol. The predicted molar refractivity (Wildman–Crippen MR) is 67.2 cm³/mol. The lowest BCUT2D eigenvalue weighted by atomic mass is 10.1. The van der Waals surface area contributed by atoms with E-state index in [0.29, 0.717) is 6.07 Å². The van der Waals surface area contributed by atoms with Gasteiger partial charge in [0.1, 0.15) is 12.4 Å². The van der Waals surface area contributed by atoms with E-state index in [-0.39, 0.29) is 12.4 Å². The Bertz CT molecular complexity index is 593. The Kier molecular flexibility index (Phi) is 4.45. The highest BCUT2D eigenvalue weighted by molar-refractivity contribution is 5.36. The van der Waals surface area contributed by atoms with Gasteiger partial charge in [-0.15, -0.1) is 0 Å². The van der Waals surface area contributed by atoms with Gasteiger partial charge in [-0.2, -0.15) is 13.2 Å². The summed E-state index contributed by atoms with van der Waals surface area (Å²) in [6.45, 7) is 0.00479. The van der Waals surface area contributed by atoms with Crippen LogP contribution < -0.4 is 4.74 Å². The average Bonchev–Trinajstić information content (AvgIpc) is 2.45. The van der Waals surface area contributed by atoms with Crippen LogP contribution in [0.3, 0.4) is 0 Å². The van der Waals surface area contributed by atoms with Crippen molar-refractivity contribution in [2.24, 2.45) is 0 Å². The molecule has 0 spiro atoms. The highest BCUT2D eigenvalue weighted by Crippen LogP contribution is 2.35. The number of benzene rings is 2. The second-order valence-electron chi connectivity index (χ2n) is 4.36. The fraction of sp³-hybridized carbons (Fsp3) is 0.200. The molecule has 2 aromatic rings. The Morgan fingerprint density at radius 2 is 1.62 bits per heavy atom. The summed E-state index contributed by atoms with van der Waals surface area (Å²) in [7, 11) is 0. The molecule has 2 aromatic carbocycles. The summed E-state index contributed by atoms with van der Waals surface area (Å²) in [5, 5.41) is 0. The predicted octanol–water partition coefficient (Wildman–Crippen LogP) is 5.22. The molecule has 1 nitrogen and oxygen atoms in total. The first-order valence-corrected chi connectivity index (χ1v) is 6.03. The van der Waals surface area contributed by atoms with Crippen LogP contribution in [0.1, 0.15) is 23.1 Å². The first-order valence-electron chi connectivity index (χ1n) is 6.03. The topological polar surface area (TPSA) is 9.23 Å². The number of hydrogen-bond acceptors (Lipinski definition) is 1. The number of ether oxygens (including phenoxy) is 1. The van der Waals surface area contributed by atoms with E-state index in [2.05, 4.69) is 0 Å². The lowest BCUT2D eigenvalue weighted by molar-refractivity contribution is -0.137. The zero-order valence-corrected chi connectivity index (χ0v) is 10.7. The van der Waals surface area contributed by atoms with Crippen LogP contribution in [0.2, 0.25) is 0 Å². The van der Waals surface area contributed by atoms with E-state index in [4.69, 9.17) is 4.74 Å². The zero-order chi connectivity index (χ0) is 15.5. The van der Waals surface area contributed by atoms with Crippen molar-refractivity contribution in [3.63, 3.8) is 0 Å². The van der Waals surface area contributed by atoms with E-state index in [0.717, 1.165) is 17.7 Å². The van der Waals surface area contributed by atoms with Crippen LogP contribution in [0.5, 0.6) is 5.75 Å². The first kappa shape index (κ1) is 15.3. The zero-order valence-electron chi connectivity index (χ0n) is 10.7. The molecule has 0 aliphatic heterocycles. The molecule has 0 atom stereocenters. The SMILES string of the molecule is FC(F)c1cc(OCc2ccccc2)cc(C(F)(F)F)c1. The van der Waals surface area contributed by atoms with E-state index >= 15 is 0 Å². The first-order chi connectivity index (χ1) is 9.86. The van der Waals surface area contributed by atoms with Gasteiger partial charge in [-0.1, -0.05) is 30.3 Å². The smallest absolute Gasteiger partial charge is 0.416 e. The summed E-state index contributed by atoms with van der Waals surface area (Å²) in [5.41, 5.74) is -1.13. The molecule has 21 heavy (non-hydrogen) atoms. The van der Waals surface area contributed by atoms with Gasteiger partial charge in [-0.05, 0) is 23.8 Å². The average molecular weight is 302 g/mol. The lowest BCUT2D eigenvalue weighted by Gasteiger charge is -2.13. The maximum atomic E-state index is 12.7. The number of hydrogen-bond donors (Lipinski definition) is 0. The fourth-order valence-corrected chi connectivity index (χ4v) is 1.74. The lowest BCUT2D eigenvalue weighted by Crippen LogP contribution is -2.07. The highest BCUT2D eigenvalue weighted by atomic mass is 19.4. The van der Waals surface area contributed by atoms with Gasteiger partial charge >= 0.3 is 6.18 Å². The molecule has 0 saturated heterocycles. The second kappa shape index (κ2) is 6.11. The summed E-state index contributed by atoms with van der Waals surface area (Å²) in [4.78, 5) is 0. The van der Waals surface area contributed by atoms with Gasteiger partial charge in [0.25, 0.3) is 6.43 Å². The monoisotopic (exact) mass is 302 g/mol. The van der Waals surface area contributed by atoms with Crippen molar-refractivity contribution >= 4 is 0 Å². The van der Waals surface area contributed by atoms with Crippen molar-refractivity contribution in [3.05, 3.63) is 65.2 Å². The third kappa shape index (κ3) is 4.18. The van der Waals surface area contributed by atoms with E-state index in [1.165, 1.54) is 0 Å². The molecule has 6 heteroatoms. The molecule has 112 valence electrons. The third-order valence-electron chi connectivity index (χ3n) is 2.76. The van der Waals surface area contributed by atoms with Crippen molar-refractivity contribution in [1.82, 2.24) is 0 Å². The van der Waals surface area contributed by atoms with Crippen LogP contribution >= 0.6 is 0 Å². The van der Waals surface area contributed by atoms with Crippen LogP contribution in [-0.4, -0.2) is 0 Å². The number of rotatable bonds is 4. The molecular formula is C15H11F5O. The molecule has 0 N–H and O–H groups in total. The summed E-state index contributed by atoms with van der Waals surface area (Å²) in [6, 6.07) is 10.8. The second-order valence-corrected chi connectivity index (χ2v) is 4.36. The van der Waals surface area contributed by atoms with E-state index < -0.39 is 23.7 Å². The molecule has 0 aliphatic rings. The normalized spacial score (nSPS) is 11.7. The molecule has 0 saturated carbocycles. The minimum Gasteiger partial charge on any atom is -0.489 e. The quantitative estimate of drug-likeness (QED) is 0.703. The minimum atomic E-state index is -4.70. The minimum absolute atomic E-state index is 0.00479. The van der Waals surface area contributed by atoms with Crippen molar-refractivity contribution in [2.75, 3.05) is 0 Å². The van der Waals surface area contributed by atoms with Crippen molar-refractivity contribution in [2.45, 2.75) is 19.2 Å². The van der Waals surface area contributed by atoms with Gasteiger partial charge < -0.3 is 4.74 Å². The molecule has 2 rings (SSSR count). The van der Waals surface area contributed by atoms with Crippen molar-refractivity contribution in [1.29, 1.82) is 0 Å². The standard InChI is InChI=1S/C15H11F5O/c16-14(17)11-6-12(15(18,19)20)8-13(7-11)21-9-10-4-2-1-3-5-10/h1-8,14H,9H2. The van der Waals surface area contributed by atoms with Crippen molar-refractivity contribution in [3.8, 4) is 5.75 Å². The van der Waals surface area contributed by atoms with Crippen LogP contribution in [-0.2, 0) is 12.8 Å². The van der Waals surface area contributed by atoms with Crippen LogP contribution in [0.4, 0.5) is 22.0 Å². The largest absolute Gasteiger partial charge is 0.489 e. The van der Waals surface area contributed by atoms with Gasteiger partial charge in [0, 0.05) is 5.56 Å². The number of alkyl halides is 5. The molecule has 0 amide bonds. The summed E-state index contributed by atoms with van der Waals surface area (Å²) in [5.74, 6) is -0.232. The van der Waals surface area contributed by atoms with Crippen LogP contribution in [0.15, 0.2) is 48.5 Å². The molecule has 0 aromatic heterocycles. The maximum Gasteiger partial charge on any atom is 0.416 e. The summed E-state index contributed by atoms with van der Waals surface area (Å²) >= 11 is 0. The van der Waals surface area contributed by atoms with Gasteiger partial charge in [0.2, 0.25) is 0 Å². The molecule has 0 heterocycles. The third-order valence-corrected chi connectivity index (χ3v) is 2.76. The molecule has 0 aliphatic carbocycles. The van der Waals surface area contributed by atoms with Crippen LogP contribution in [0.25, 0.3) is 0 Å². The summed E-state index contributed by atoms with van der Waals surface area (Å²) < 4.78 is 68.5. The Balaban J connectivity index is 2.24. The van der Waals surface area contributed by atoms with E-state index in [1.54, 1.807) is 30.3 Å². The molecule has 0 radical (unpaired) electrons. The van der Waals surface area contributed by atoms with Gasteiger partial charge in [-0.3, -0.25) is 0 Å². The summed E-state index contributed by atoms with van der Waals surface area (Å²) in [6.07, 6.45) is -7.69. The van der Waals surface area contributed by atoms with Gasteiger partial charge in [0.05, 0.1) is 5.56 Å². The van der Waals surface area contributed by atoms with E-state index in [1.807, 2.05) is 0 Å². The Hall–Kier alpha value is -2.11. The van der Waals surface area contributed by atoms with Gasteiger partial charge in [0.15, 0.2) is 0 Å². The molecule has 0 fully saturated rings. The highest BCUT2D eigenvalue weighted by Gasteiger charge is 2.32. The fourth-order valence-electron chi connectivity index (χ4n) is 1.74. The Morgan fingerprint density at radius 1 is 0.952 bits per heavy atom. The molecule has 0 bridgehead atoms. The number of halogens is 5. The Labute approximate surface area is 118 Å². The van der Waals surface area contributed by atoms with Gasteiger partial charge in [-0.25, -0.2) is 8.78 Å². The van der Waals surface area contributed by atoms with E-state index in [9.17, 15) is 22.0 Å². The molecule has 0 unspecified atom stereocenters. The van der Waals surface area contributed by atoms with Crippen LogP contribution in [0, 0.1) is 0 Å². The Morgan fingerprint density at radius 3 is 2.19 bits per heavy atom. The van der Waals surface area contributed by atoms with Crippen molar-refractivity contribution < 1.29 is 26.7 Å².